The Morgan fingerprint density at radius 1 is 1.14 bits per heavy atom. The summed E-state index contributed by atoms with van der Waals surface area (Å²) in [5.74, 6) is -1.39. The highest BCUT2D eigenvalue weighted by atomic mass is 28.4. The molecular weight excluding hydrogens is 376 g/mol. The van der Waals surface area contributed by atoms with E-state index in [9.17, 15) is 15.0 Å². The summed E-state index contributed by atoms with van der Waals surface area (Å²) >= 11 is 0. The molecule has 1 aromatic rings. The second-order valence-electron chi connectivity index (χ2n) is 8.74. The zero-order valence-corrected chi connectivity index (χ0v) is 19.1. The fraction of sp³-hybridized carbons (Fsp3) is 0.667. The van der Waals surface area contributed by atoms with Gasteiger partial charge in [0, 0.05) is 5.92 Å². The number of methoxy groups -OCH3 is 1. The van der Waals surface area contributed by atoms with Gasteiger partial charge in [0.25, 0.3) is 0 Å². The van der Waals surface area contributed by atoms with Crippen molar-refractivity contribution in [3.05, 3.63) is 35.9 Å². The third kappa shape index (κ3) is 6.97. The number of hydrogen-bond acceptors (Lipinski definition) is 6. The predicted octanol–water partition coefficient (Wildman–Crippen LogP) is 3.12. The summed E-state index contributed by atoms with van der Waals surface area (Å²) in [5, 5.41) is 20.5. The van der Waals surface area contributed by atoms with Crippen LogP contribution < -0.4 is 0 Å². The number of aliphatic hydroxyl groups is 2. The first kappa shape index (κ1) is 24.8. The van der Waals surface area contributed by atoms with Gasteiger partial charge < -0.3 is 24.1 Å². The Morgan fingerprint density at radius 2 is 1.71 bits per heavy atom. The van der Waals surface area contributed by atoms with E-state index in [1.807, 2.05) is 30.3 Å². The average molecular weight is 413 g/mol. The standard InChI is InChI=1S/C21H36O6Si/c1-15(18(22)19(23)20(24)25-5)17(27-28(6,7)21(2,3)4)14-26-13-16-11-9-8-10-12-16/h8-12,15,17-19,22-23H,13-14H2,1-7H3/t15-,17-,18-,19+/m0/s1. The van der Waals surface area contributed by atoms with Crippen molar-refractivity contribution < 1.29 is 28.9 Å². The molecule has 0 radical (unpaired) electrons. The van der Waals surface area contributed by atoms with Gasteiger partial charge >= 0.3 is 5.97 Å². The molecule has 1 rings (SSSR count). The minimum absolute atomic E-state index is 0.0314. The van der Waals surface area contributed by atoms with Crippen molar-refractivity contribution >= 4 is 14.3 Å². The number of carbonyl (C=O) groups is 1. The Labute approximate surface area is 170 Å². The maximum absolute atomic E-state index is 11.6. The number of esters is 1. The van der Waals surface area contributed by atoms with Crippen molar-refractivity contribution in [2.24, 2.45) is 5.92 Å². The molecule has 0 aliphatic heterocycles. The molecule has 0 amide bonds. The molecule has 2 N–H and O–H groups in total. The van der Waals surface area contributed by atoms with Crippen LogP contribution in [-0.2, 0) is 25.3 Å². The quantitative estimate of drug-likeness (QED) is 0.454. The van der Waals surface area contributed by atoms with Crippen molar-refractivity contribution in [3.63, 3.8) is 0 Å². The Kier molecular flexibility index (Phi) is 9.30. The van der Waals surface area contributed by atoms with Gasteiger partial charge in [-0.05, 0) is 23.7 Å². The Hall–Kier alpha value is -1.25. The minimum atomic E-state index is -2.17. The fourth-order valence-corrected chi connectivity index (χ4v) is 3.88. The molecule has 0 fully saturated rings. The monoisotopic (exact) mass is 412 g/mol. The maximum Gasteiger partial charge on any atom is 0.337 e. The van der Waals surface area contributed by atoms with Crippen LogP contribution in [0.2, 0.25) is 18.1 Å². The number of carbonyl (C=O) groups excluding carboxylic acids is 1. The zero-order chi connectivity index (χ0) is 21.5. The molecule has 0 aliphatic rings. The number of rotatable bonds is 10. The summed E-state index contributed by atoms with van der Waals surface area (Å²) in [6.45, 7) is 13.0. The zero-order valence-electron chi connectivity index (χ0n) is 18.1. The van der Waals surface area contributed by atoms with Crippen LogP contribution in [0, 0.1) is 5.92 Å². The summed E-state index contributed by atoms with van der Waals surface area (Å²) in [7, 11) is -0.989. The van der Waals surface area contributed by atoms with Crippen LogP contribution in [0.4, 0.5) is 0 Å². The number of ether oxygens (including phenoxy) is 2. The van der Waals surface area contributed by atoms with Crippen molar-refractivity contribution in [2.75, 3.05) is 13.7 Å². The SMILES string of the molecule is COC(=O)[C@H](O)[C@@H](O)[C@@H](C)[C@H](COCc1ccccc1)O[Si](C)(C)C(C)(C)C. The Balaban J connectivity index is 2.91. The predicted molar refractivity (Wildman–Crippen MR) is 111 cm³/mol. The molecule has 0 bridgehead atoms. The van der Waals surface area contributed by atoms with Crippen LogP contribution in [-0.4, -0.2) is 56.5 Å². The molecule has 6 nitrogen and oxygen atoms in total. The second-order valence-corrected chi connectivity index (χ2v) is 13.5. The fourth-order valence-electron chi connectivity index (χ4n) is 2.48. The van der Waals surface area contributed by atoms with Gasteiger partial charge in [-0.25, -0.2) is 4.79 Å². The summed E-state index contributed by atoms with van der Waals surface area (Å²) in [6, 6.07) is 9.79. The summed E-state index contributed by atoms with van der Waals surface area (Å²) < 4.78 is 16.9. The lowest BCUT2D eigenvalue weighted by molar-refractivity contribution is -0.161. The number of aliphatic hydroxyl groups excluding tert-OH is 2. The van der Waals surface area contributed by atoms with E-state index in [0.29, 0.717) is 6.61 Å². The van der Waals surface area contributed by atoms with E-state index in [-0.39, 0.29) is 11.6 Å². The normalized spacial score (nSPS) is 16.9. The van der Waals surface area contributed by atoms with Gasteiger partial charge in [0.2, 0.25) is 0 Å². The first-order chi connectivity index (χ1) is 12.9. The van der Waals surface area contributed by atoms with Crippen molar-refractivity contribution in [1.29, 1.82) is 0 Å². The lowest BCUT2D eigenvalue weighted by Gasteiger charge is -2.41. The van der Waals surface area contributed by atoms with E-state index in [4.69, 9.17) is 9.16 Å². The smallest absolute Gasteiger partial charge is 0.337 e. The molecule has 1 aromatic carbocycles. The second kappa shape index (κ2) is 10.5. The van der Waals surface area contributed by atoms with Gasteiger partial charge in [0.05, 0.1) is 32.5 Å². The average Bonchev–Trinajstić information content (AvgIpc) is 2.64. The van der Waals surface area contributed by atoms with Gasteiger partial charge in [-0.15, -0.1) is 0 Å². The highest BCUT2D eigenvalue weighted by Gasteiger charge is 2.42. The molecule has 0 aliphatic carbocycles. The molecule has 0 saturated carbocycles. The molecule has 0 aromatic heterocycles. The van der Waals surface area contributed by atoms with Crippen LogP contribution in [0.5, 0.6) is 0 Å². The van der Waals surface area contributed by atoms with Crippen LogP contribution in [0.15, 0.2) is 30.3 Å². The first-order valence-corrected chi connectivity index (χ1v) is 12.5. The lowest BCUT2D eigenvalue weighted by atomic mass is 9.94. The minimum Gasteiger partial charge on any atom is -0.467 e. The van der Waals surface area contributed by atoms with Gasteiger partial charge in [-0.2, -0.15) is 0 Å². The van der Waals surface area contributed by atoms with Crippen molar-refractivity contribution in [1.82, 2.24) is 0 Å². The van der Waals surface area contributed by atoms with Gasteiger partial charge in [-0.1, -0.05) is 58.0 Å². The first-order valence-electron chi connectivity index (χ1n) is 9.64. The largest absolute Gasteiger partial charge is 0.467 e. The molecule has 0 spiro atoms. The molecular formula is C21H36O6Si. The van der Waals surface area contributed by atoms with E-state index < -0.39 is 38.5 Å². The number of hydrogen-bond donors (Lipinski definition) is 2. The van der Waals surface area contributed by atoms with E-state index in [2.05, 4.69) is 38.6 Å². The van der Waals surface area contributed by atoms with E-state index >= 15 is 0 Å². The molecule has 0 unspecified atom stereocenters. The van der Waals surface area contributed by atoms with Crippen LogP contribution in [0.1, 0.15) is 33.3 Å². The van der Waals surface area contributed by atoms with E-state index in [1.165, 1.54) is 7.11 Å². The third-order valence-corrected chi connectivity index (χ3v) is 10.0. The van der Waals surface area contributed by atoms with Gasteiger partial charge in [0.1, 0.15) is 0 Å². The van der Waals surface area contributed by atoms with Gasteiger partial charge in [-0.3, -0.25) is 0 Å². The highest BCUT2D eigenvalue weighted by Crippen LogP contribution is 2.38. The molecule has 0 saturated heterocycles. The Bertz CT molecular complexity index is 599. The maximum atomic E-state index is 11.6. The molecule has 4 atom stereocenters. The van der Waals surface area contributed by atoms with Crippen LogP contribution >= 0.6 is 0 Å². The van der Waals surface area contributed by atoms with E-state index in [1.54, 1.807) is 6.92 Å². The summed E-state index contributed by atoms with van der Waals surface area (Å²) in [4.78, 5) is 11.6. The summed E-state index contributed by atoms with van der Waals surface area (Å²) in [6.07, 6.45) is -3.42. The third-order valence-electron chi connectivity index (χ3n) is 5.54. The van der Waals surface area contributed by atoms with E-state index in [0.717, 1.165) is 5.56 Å². The molecule has 28 heavy (non-hydrogen) atoms. The Morgan fingerprint density at radius 3 is 2.21 bits per heavy atom. The molecule has 160 valence electrons. The van der Waals surface area contributed by atoms with Crippen molar-refractivity contribution in [3.8, 4) is 0 Å². The van der Waals surface area contributed by atoms with Crippen molar-refractivity contribution in [2.45, 2.75) is 70.7 Å². The van der Waals surface area contributed by atoms with Crippen LogP contribution in [0.3, 0.4) is 0 Å². The van der Waals surface area contributed by atoms with Crippen LogP contribution in [0.25, 0.3) is 0 Å². The summed E-state index contributed by atoms with van der Waals surface area (Å²) in [5.41, 5.74) is 1.04. The lowest BCUT2D eigenvalue weighted by Crippen LogP contribution is -2.51. The highest BCUT2D eigenvalue weighted by molar-refractivity contribution is 6.74. The number of benzene rings is 1. The topological polar surface area (TPSA) is 85.2 Å². The molecule has 7 heteroatoms. The van der Waals surface area contributed by atoms with Gasteiger partial charge in [0.15, 0.2) is 14.4 Å². The molecule has 0 heterocycles.